The molecular weight excluding hydrogens is 276 g/mol. The van der Waals surface area contributed by atoms with Gasteiger partial charge in [0.25, 0.3) is 0 Å². The molecule has 0 radical (unpaired) electrons. The van der Waals surface area contributed by atoms with Crippen molar-refractivity contribution in [3.8, 4) is 5.75 Å². The number of ether oxygens (including phenoxy) is 1. The van der Waals surface area contributed by atoms with Gasteiger partial charge in [-0.1, -0.05) is 19.1 Å². The lowest BCUT2D eigenvalue weighted by Gasteiger charge is -2.12. The fourth-order valence-electron chi connectivity index (χ4n) is 3.09. The highest BCUT2D eigenvalue weighted by Crippen LogP contribution is 2.62. The van der Waals surface area contributed by atoms with Crippen LogP contribution in [0.5, 0.6) is 5.75 Å². The molecule has 0 unspecified atom stereocenters. The Kier molecular flexibility index (Phi) is 4.09. The molecule has 2 rings (SSSR count). The van der Waals surface area contributed by atoms with E-state index in [9.17, 15) is 8.42 Å². The van der Waals surface area contributed by atoms with Crippen LogP contribution in [-0.4, -0.2) is 39.6 Å². The van der Waals surface area contributed by atoms with Crippen LogP contribution in [0.4, 0.5) is 0 Å². The SMILES string of the molecule is CCS(=O)(=O)[C@@H]1[C@H](c2ccc(OC)cc2)C1(CN)CN. The molecule has 2 atom stereocenters. The maximum absolute atomic E-state index is 12.3. The quantitative estimate of drug-likeness (QED) is 0.797. The van der Waals surface area contributed by atoms with Crippen molar-refractivity contribution < 1.29 is 13.2 Å². The van der Waals surface area contributed by atoms with Crippen LogP contribution in [0.25, 0.3) is 0 Å². The fraction of sp³-hybridized carbons (Fsp3) is 0.571. The molecule has 1 aliphatic carbocycles. The molecule has 4 N–H and O–H groups in total. The van der Waals surface area contributed by atoms with Crippen LogP contribution < -0.4 is 16.2 Å². The first-order chi connectivity index (χ1) is 9.46. The van der Waals surface area contributed by atoms with Crippen molar-refractivity contribution in [3.05, 3.63) is 29.8 Å². The lowest BCUT2D eigenvalue weighted by atomic mass is 9.99. The molecule has 1 aromatic carbocycles. The van der Waals surface area contributed by atoms with Crippen LogP contribution in [0, 0.1) is 5.41 Å². The van der Waals surface area contributed by atoms with Gasteiger partial charge in [0, 0.05) is 30.2 Å². The molecule has 5 nitrogen and oxygen atoms in total. The first-order valence-electron chi connectivity index (χ1n) is 6.72. The second kappa shape index (κ2) is 5.35. The maximum atomic E-state index is 12.3. The molecule has 20 heavy (non-hydrogen) atoms. The molecular formula is C14H22N2O3S. The topological polar surface area (TPSA) is 95.4 Å². The lowest BCUT2D eigenvalue weighted by Crippen LogP contribution is -2.31. The summed E-state index contributed by atoms with van der Waals surface area (Å²) in [6, 6.07) is 7.46. The molecule has 1 aliphatic rings. The van der Waals surface area contributed by atoms with Crippen LogP contribution >= 0.6 is 0 Å². The minimum Gasteiger partial charge on any atom is -0.497 e. The molecule has 1 saturated carbocycles. The van der Waals surface area contributed by atoms with E-state index in [1.165, 1.54) is 0 Å². The highest BCUT2D eigenvalue weighted by Gasteiger charge is 2.68. The van der Waals surface area contributed by atoms with Gasteiger partial charge in [-0.25, -0.2) is 8.42 Å². The minimum atomic E-state index is -3.16. The van der Waals surface area contributed by atoms with Crippen molar-refractivity contribution in [2.75, 3.05) is 26.0 Å². The van der Waals surface area contributed by atoms with Crippen LogP contribution in [-0.2, 0) is 9.84 Å². The van der Waals surface area contributed by atoms with E-state index in [0.717, 1.165) is 11.3 Å². The second-order valence-corrected chi connectivity index (χ2v) is 7.68. The average molecular weight is 298 g/mol. The first-order valence-corrected chi connectivity index (χ1v) is 8.44. The average Bonchev–Trinajstić information content (AvgIpc) is 3.18. The summed E-state index contributed by atoms with van der Waals surface area (Å²) in [5.74, 6) is 0.746. The Morgan fingerprint density at radius 3 is 2.15 bits per heavy atom. The van der Waals surface area contributed by atoms with Gasteiger partial charge in [-0.05, 0) is 17.7 Å². The largest absolute Gasteiger partial charge is 0.497 e. The van der Waals surface area contributed by atoms with E-state index in [4.69, 9.17) is 16.2 Å². The number of benzene rings is 1. The van der Waals surface area contributed by atoms with Gasteiger partial charge in [0.05, 0.1) is 12.4 Å². The summed E-state index contributed by atoms with van der Waals surface area (Å²) < 4.78 is 29.7. The van der Waals surface area contributed by atoms with E-state index in [2.05, 4.69) is 0 Å². The predicted octanol–water partition coefficient (Wildman–Crippen LogP) is 0.500. The van der Waals surface area contributed by atoms with Gasteiger partial charge in [0.1, 0.15) is 5.75 Å². The van der Waals surface area contributed by atoms with Crippen molar-refractivity contribution in [1.29, 1.82) is 0 Å². The van der Waals surface area contributed by atoms with Gasteiger partial charge in [-0.3, -0.25) is 0 Å². The summed E-state index contributed by atoms with van der Waals surface area (Å²) >= 11 is 0. The third-order valence-corrected chi connectivity index (χ3v) is 6.72. The Hall–Kier alpha value is -1.11. The zero-order valence-corrected chi connectivity index (χ0v) is 12.7. The van der Waals surface area contributed by atoms with E-state index in [0.29, 0.717) is 0 Å². The van der Waals surface area contributed by atoms with Crippen LogP contribution in [0.2, 0.25) is 0 Å². The summed E-state index contributed by atoms with van der Waals surface area (Å²) in [5, 5.41) is -0.469. The summed E-state index contributed by atoms with van der Waals surface area (Å²) in [6.07, 6.45) is 0. The van der Waals surface area contributed by atoms with Crippen molar-refractivity contribution in [2.24, 2.45) is 16.9 Å². The number of sulfone groups is 1. The number of methoxy groups -OCH3 is 1. The van der Waals surface area contributed by atoms with Crippen molar-refractivity contribution in [2.45, 2.75) is 18.1 Å². The molecule has 0 saturated heterocycles. The minimum absolute atomic E-state index is 0.117. The van der Waals surface area contributed by atoms with Crippen LogP contribution in [0.15, 0.2) is 24.3 Å². The van der Waals surface area contributed by atoms with Crippen LogP contribution in [0.1, 0.15) is 18.4 Å². The van der Waals surface area contributed by atoms with E-state index >= 15 is 0 Å². The van der Waals surface area contributed by atoms with Crippen molar-refractivity contribution >= 4 is 9.84 Å². The third kappa shape index (κ3) is 2.21. The molecule has 0 bridgehead atoms. The van der Waals surface area contributed by atoms with E-state index in [1.54, 1.807) is 14.0 Å². The molecule has 0 aromatic heterocycles. The Morgan fingerprint density at radius 2 is 1.75 bits per heavy atom. The van der Waals surface area contributed by atoms with Crippen LogP contribution in [0.3, 0.4) is 0 Å². The number of hydrogen-bond acceptors (Lipinski definition) is 5. The molecule has 1 fully saturated rings. The highest BCUT2D eigenvalue weighted by molar-refractivity contribution is 7.92. The zero-order valence-electron chi connectivity index (χ0n) is 11.9. The second-order valence-electron chi connectivity index (χ2n) is 5.26. The van der Waals surface area contributed by atoms with Gasteiger partial charge in [0.2, 0.25) is 0 Å². The zero-order chi connectivity index (χ0) is 15.0. The monoisotopic (exact) mass is 298 g/mol. The summed E-state index contributed by atoms with van der Waals surface area (Å²) in [6.45, 7) is 2.23. The third-order valence-electron chi connectivity index (χ3n) is 4.40. The maximum Gasteiger partial charge on any atom is 0.154 e. The van der Waals surface area contributed by atoms with Gasteiger partial charge in [-0.2, -0.15) is 0 Å². The van der Waals surface area contributed by atoms with E-state index < -0.39 is 20.5 Å². The molecule has 1 aromatic rings. The number of nitrogens with two attached hydrogens (primary N) is 2. The Morgan fingerprint density at radius 1 is 1.20 bits per heavy atom. The highest BCUT2D eigenvalue weighted by atomic mass is 32.2. The Bertz CT molecular complexity index is 565. The molecule has 0 aliphatic heterocycles. The van der Waals surface area contributed by atoms with Gasteiger partial charge < -0.3 is 16.2 Å². The molecule has 112 valence electrons. The van der Waals surface area contributed by atoms with E-state index in [-0.39, 0.29) is 24.8 Å². The smallest absolute Gasteiger partial charge is 0.154 e. The van der Waals surface area contributed by atoms with Crippen molar-refractivity contribution in [1.82, 2.24) is 0 Å². The normalized spacial score (nSPS) is 24.4. The molecule has 0 heterocycles. The summed E-state index contributed by atoms with van der Waals surface area (Å²) in [4.78, 5) is 0. The van der Waals surface area contributed by atoms with Crippen molar-refractivity contribution in [3.63, 3.8) is 0 Å². The summed E-state index contributed by atoms with van der Waals surface area (Å²) in [7, 11) is -1.56. The Labute approximate surface area is 120 Å². The van der Waals surface area contributed by atoms with Gasteiger partial charge in [0.15, 0.2) is 9.84 Å². The predicted molar refractivity (Wildman–Crippen MR) is 79.5 cm³/mol. The fourth-order valence-corrected chi connectivity index (χ4v) is 5.26. The van der Waals surface area contributed by atoms with Gasteiger partial charge >= 0.3 is 0 Å². The van der Waals surface area contributed by atoms with E-state index in [1.807, 2.05) is 24.3 Å². The Balaban J connectivity index is 2.38. The summed E-state index contributed by atoms with van der Waals surface area (Å²) in [5.41, 5.74) is 12.1. The number of rotatable bonds is 6. The first kappa shape index (κ1) is 15.3. The molecule has 0 amide bonds. The molecule has 0 spiro atoms. The lowest BCUT2D eigenvalue weighted by molar-refractivity contribution is 0.414. The number of hydrogen-bond donors (Lipinski definition) is 2. The molecule has 6 heteroatoms. The van der Waals surface area contributed by atoms with Gasteiger partial charge in [-0.15, -0.1) is 0 Å². The standard InChI is InChI=1S/C14H22N2O3S/c1-3-20(17,18)13-12(14(13,8-15)9-16)10-4-6-11(19-2)7-5-10/h4-7,12-13H,3,8-9,15-16H2,1-2H3/t12-,13+/m0/s1.